The molecule has 1 aliphatic rings. The third-order valence-electron chi connectivity index (χ3n) is 4.69. The van der Waals surface area contributed by atoms with Gasteiger partial charge in [0.15, 0.2) is 0 Å². The van der Waals surface area contributed by atoms with Gasteiger partial charge >= 0.3 is 0 Å². The van der Waals surface area contributed by atoms with Gasteiger partial charge in [-0.25, -0.2) is 0 Å². The van der Waals surface area contributed by atoms with E-state index in [1.54, 1.807) is 7.11 Å². The van der Waals surface area contributed by atoms with Crippen molar-refractivity contribution in [3.8, 4) is 5.75 Å². The van der Waals surface area contributed by atoms with E-state index in [0.717, 1.165) is 25.4 Å². The lowest BCUT2D eigenvalue weighted by atomic mass is 9.93. The molecule has 0 radical (unpaired) electrons. The Bertz CT molecular complexity index is 627. The highest BCUT2D eigenvalue weighted by Gasteiger charge is 2.23. The van der Waals surface area contributed by atoms with Gasteiger partial charge in [0.25, 0.3) is 0 Å². The molecule has 1 aliphatic heterocycles. The highest BCUT2D eigenvalue weighted by Crippen LogP contribution is 2.29. The first-order chi connectivity index (χ1) is 10.7. The fraction of sp³-hybridized carbons (Fsp3) is 0.500. The van der Waals surface area contributed by atoms with Crippen LogP contribution >= 0.6 is 0 Å². The van der Waals surface area contributed by atoms with Crippen molar-refractivity contribution in [1.29, 1.82) is 0 Å². The second kappa shape index (κ2) is 6.53. The monoisotopic (exact) mass is 299 g/mol. The van der Waals surface area contributed by atoms with Gasteiger partial charge in [-0.15, -0.1) is 0 Å². The number of nitrogens with zero attached hydrogens (tertiary/aromatic N) is 3. The predicted octanol–water partition coefficient (Wildman–Crippen LogP) is 3.12. The van der Waals surface area contributed by atoms with Gasteiger partial charge in [-0.3, -0.25) is 9.58 Å². The SMILES string of the molecule is COc1ccc(C)cc1CN1CCC(c2ccnn2C)CC1. The van der Waals surface area contributed by atoms with Crippen molar-refractivity contribution < 1.29 is 4.74 Å². The number of likely N-dealkylation sites (tertiary alicyclic amines) is 1. The zero-order chi connectivity index (χ0) is 15.5. The summed E-state index contributed by atoms with van der Waals surface area (Å²) in [5.74, 6) is 1.64. The minimum absolute atomic E-state index is 0.642. The molecular weight excluding hydrogens is 274 g/mol. The summed E-state index contributed by atoms with van der Waals surface area (Å²) >= 11 is 0. The molecule has 0 N–H and O–H groups in total. The van der Waals surface area contributed by atoms with Gasteiger partial charge in [-0.05, 0) is 45.0 Å². The molecule has 0 bridgehead atoms. The van der Waals surface area contributed by atoms with E-state index in [2.05, 4.69) is 41.2 Å². The van der Waals surface area contributed by atoms with Crippen molar-refractivity contribution in [3.63, 3.8) is 0 Å². The largest absolute Gasteiger partial charge is 0.496 e. The number of benzene rings is 1. The molecule has 1 aromatic heterocycles. The molecule has 0 atom stereocenters. The second-order valence-electron chi connectivity index (χ2n) is 6.25. The lowest BCUT2D eigenvalue weighted by Gasteiger charge is -2.32. The number of piperidine rings is 1. The van der Waals surface area contributed by atoms with E-state index < -0.39 is 0 Å². The number of hydrogen-bond donors (Lipinski definition) is 0. The summed E-state index contributed by atoms with van der Waals surface area (Å²) in [6, 6.07) is 8.58. The molecular formula is C18H25N3O. The first-order valence-electron chi connectivity index (χ1n) is 8.01. The van der Waals surface area contributed by atoms with Gasteiger partial charge in [-0.2, -0.15) is 5.10 Å². The normalized spacial score (nSPS) is 16.9. The maximum atomic E-state index is 5.50. The Labute approximate surface area is 132 Å². The lowest BCUT2D eigenvalue weighted by Crippen LogP contribution is -2.33. The number of ether oxygens (including phenoxy) is 1. The van der Waals surface area contributed by atoms with E-state index >= 15 is 0 Å². The number of rotatable bonds is 4. The fourth-order valence-corrected chi connectivity index (χ4v) is 3.44. The maximum Gasteiger partial charge on any atom is 0.123 e. The Morgan fingerprint density at radius 1 is 1.23 bits per heavy atom. The van der Waals surface area contributed by atoms with Crippen molar-refractivity contribution >= 4 is 0 Å². The molecule has 4 heteroatoms. The van der Waals surface area contributed by atoms with Gasteiger partial charge in [0.2, 0.25) is 0 Å². The van der Waals surface area contributed by atoms with Crippen molar-refractivity contribution in [2.24, 2.45) is 7.05 Å². The molecule has 1 aromatic carbocycles. The van der Waals surface area contributed by atoms with E-state index in [0.29, 0.717) is 5.92 Å². The van der Waals surface area contributed by atoms with Gasteiger partial charge in [0, 0.05) is 37.0 Å². The quantitative estimate of drug-likeness (QED) is 0.869. The van der Waals surface area contributed by atoms with Gasteiger partial charge in [0.05, 0.1) is 7.11 Å². The Morgan fingerprint density at radius 3 is 2.64 bits per heavy atom. The average molecular weight is 299 g/mol. The molecule has 0 spiro atoms. The molecule has 1 fully saturated rings. The molecule has 4 nitrogen and oxygen atoms in total. The van der Waals surface area contributed by atoms with Crippen LogP contribution in [0.1, 0.15) is 35.6 Å². The third kappa shape index (κ3) is 3.17. The summed E-state index contributed by atoms with van der Waals surface area (Å²) < 4.78 is 7.52. The summed E-state index contributed by atoms with van der Waals surface area (Å²) in [6.07, 6.45) is 4.31. The summed E-state index contributed by atoms with van der Waals surface area (Å²) in [6.45, 7) is 5.38. The van der Waals surface area contributed by atoms with Crippen molar-refractivity contribution in [3.05, 3.63) is 47.3 Å². The van der Waals surface area contributed by atoms with Gasteiger partial charge in [0.1, 0.15) is 5.75 Å². The van der Waals surface area contributed by atoms with Crippen LogP contribution in [0.2, 0.25) is 0 Å². The number of hydrogen-bond acceptors (Lipinski definition) is 3. The summed E-state index contributed by atoms with van der Waals surface area (Å²) in [7, 11) is 3.79. The third-order valence-corrected chi connectivity index (χ3v) is 4.69. The van der Waals surface area contributed by atoms with Crippen LogP contribution < -0.4 is 4.74 Å². The lowest BCUT2D eigenvalue weighted by molar-refractivity contribution is 0.199. The minimum Gasteiger partial charge on any atom is -0.496 e. The van der Waals surface area contributed by atoms with Crippen LogP contribution in [0.4, 0.5) is 0 Å². The molecule has 0 amide bonds. The zero-order valence-electron chi connectivity index (χ0n) is 13.7. The van der Waals surface area contributed by atoms with E-state index in [1.165, 1.54) is 29.7 Å². The predicted molar refractivity (Wildman–Crippen MR) is 88.2 cm³/mol. The average Bonchev–Trinajstić information content (AvgIpc) is 2.94. The summed E-state index contributed by atoms with van der Waals surface area (Å²) in [5.41, 5.74) is 3.95. The van der Waals surface area contributed by atoms with E-state index in [4.69, 9.17) is 4.74 Å². The van der Waals surface area contributed by atoms with Crippen LogP contribution in [0.5, 0.6) is 5.75 Å². The van der Waals surface area contributed by atoms with Gasteiger partial charge < -0.3 is 4.74 Å². The minimum atomic E-state index is 0.642. The summed E-state index contributed by atoms with van der Waals surface area (Å²) in [4.78, 5) is 2.53. The summed E-state index contributed by atoms with van der Waals surface area (Å²) in [5, 5.41) is 4.30. The molecule has 0 unspecified atom stereocenters. The molecule has 0 aliphatic carbocycles. The molecule has 22 heavy (non-hydrogen) atoms. The van der Waals surface area contributed by atoms with E-state index in [9.17, 15) is 0 Å². The number of aryl methyl sites for hydroxylation is 2. The van der Waals surface area contributed by atoms with E-state index in [1.807, 2.05) is 17.9 Å². The van der Waals surface area contributed by atoms with Gasteiger partial charge in [-0.1, -0.05) is 17.7 Å². The standard InChI is InChI=1S/C18H25N3O/c1-14-4-5-18(22-3)16(12-14)13-21-10-7-15(8-11-21)17-6-9-19-20(17)2/h4-6,9,12,15H,7-8,10-11,13H2,1-3H3. The Balaban J connectivity index is 1.63. The van der Waals surface area contributed by atoms with Crippen molar-refractivity contribution in [1.82, 2.24) is 14.7 Å². The first kappa shape index (κ1) is 15.1. The van der Waals surface area contributed by atoms with Crippen LogP contribution in [0.3, 0.4) is 0 Å². The van der Waals surface area contributed by atoms with Crippen LogP contribution in [-0.4, -0.2) is 34.9 Å². The maximum absolute atomic E-state index is 5.50. The van der Waals surface area contributed by atoms with Crippen LogP contribution in [0, 0.1) is 6.92 Å². The second-order valence-corrected chi connectivity index (χ2v) is 6.25. The van der Waals surface area contributed by atoms with Crippen LogP contribution in [-0.2, 0) is 13.6 Å². The smallest absolute Gasteiger partial charge is 0.123 e. The number of aromatic nitrogens is 2. The Hall–Kier alpha value is -1.81. The van der Waals surface area contributed by atoms with Crippen LogP contribution in [0.25, 0.3) is 0 Å². The molecule has 2 aromatic rings. The van der Waals surface area contributed by atoms with Crippen molar-refractivity contribution in [2.45, 2.75) is 32.2 Å². The first-order valence-corrected chi connectivity index (χ1v) is 8.01. The highest BCUT2D eigenvalue weighted by molar-refractivity contribution is 5.36. The molecule has 118 valence electrons. The van der Waals surface area contributed by atoms with E-state index in [-0.39, 0.29) is 0 Å². The highest BCUT2D eigenvalue weighted by atomic mass is 16.5. The van der Waals surface area contributed by atoms with Crippen LogP contribution in [0.15, 0.2) is 30.5 Å². The zero-order valence-corrected chi connectivity index (χ0v) is 13.7. The Morgan fingerprint density at radius 2 is 2.00 bits per heavy atom. The fourth-order valence-electron chi connectivity index (χ4n) is 3.44. The molecule has 0 saturated carbocycles. The molecule has 3 rings (SSSR count). The number of methoxy groups -OCH3 is 1. The topological polar surface area (TPSA) is 30.3 Å². The molecule has 2 heterocycles. The Kier molecular flexibility index (Phi) is 4.48. The van der Waals surface area contributed by atoms with Crippen molar-refractivity contribution in [2.75, 3.05) is 20.2 Å². The molecule has 1 saturated heterocycles.